The van der Waals surface area contributed by atoms with Crippen molar-refractivity contribution in [3.63, 3.8) is 0 Å². The van der Waals surface area contributed by atoms with Gasteiger partial charge in [0.1, 0.15) is 17.9 Å². The number of aldehydes is 1. The molecule has 0 saturated carbocycles. The lowest BCUT2D eigenvalue weighted by atomic mass is 10.0. The van der Waals surface area contributed by atoms with Crippen LogP contribution in [0.4, 0.5) is 4.39 Å². The number of hydrogen-bond acceptors (Lipinski definition) is 2. The molecule has 19 heavy (non-hydrogen) atoms. The van der Waals surface area contributed by atoms with E-state index >= 15 is 0 Å². The van der Waals surface area contributed by atoms with Crippen molar-refractivity contribution in [2.45, 2.75) is 6.42 Å². The third-order valence-electron chi connectivity index (χ3n) is 2.83. The molecule has 2 aromatic rings. The largest absolute Gasteiger partial charge is 0.508 e. The van der Waals surface area contributed by atoms with E-state index in [0.717, 1.165) is 6.29 Å². The Labute approximate surface area is 110 Å². The predicted octanol–water partition coefficient (Wildman–Crippen LogP) is 3.36. The quantitative estimate of drug-likeness (QED) is 0.672. The maximum Gasteiger partial charge on any atom is 0.150 e. The first-order valence-electron chi connectivity index (χ1n) is 5.89. The summed E-state index contributed by atoms with van der Waals surface area (Å²) in [6.07, 6.45) is 2.76. The highest BCUT2D eigenvalue weighted by molar-refractivity contribution is 6.06. The van der Waals surface area contributed by atoms with E-state index in [-0.39, 0.29) is 11.6 Å². The summed E-state index contributed by atoms with van der Waals surface area (Å²) in [5.74, 6) is -0.141. The molecular formula is C16H13FO2. The lowest BCUT2D eigenvalue weighted by Crippen LogP contribution is -1.91. The molecule has 0 spiro atoms. The fraction of sp³-hybridized carbons (Fsp3) is 0.0625. The van der Waals surface area contributed by atoms with Crippen molar-refractivity contribution in [2.75, 3.05) is 0 Å². The van der Waals surface area contributed by atoms with Crippen LogP contribution in [-0.4, -0.2) is 11.4 Å². The first kappa shape index (κ1) is 13.0. The molecule has 0 unspecified atom stereocenters. The molecule has 0 aliphatic heterocycles. The molecule has 0 saturated heterocycles. The van der Waals surface area contributed by atoms with Gasteiger partial charge >= 0.3 is 0 Å². The summed E-state index contributed by atoms with van der Waals surface area (Å²) < 4.78 is 13.4. The summed E-state index contributed by atoms with van der Waals surface area (Å²) in [4.78, 5) is 11.1. The Morgan fingerprint density at radius 3 is 2.42 bits per heavy atom. The van der Waals surface area contributed by atoms with E-state index < -0.39 is 0 Å². The minimum Gasteiger partial charge on any atom is -0.508 e. The van der Waals surface area contributed by atoms with Gasteiger partial charge in [-0.1, -0.05) is 36.4 Å². The second kappa shape index (κ2) is 5.96. The van der Waals surface area contributed by atoms with Crippen molar-refractivity contribution in [3.05, 3.63) is 71.6 Å². The summed E-state index contributed by atoms with van der Waals surface area (Å²) >= 11 is 0. The molecule has 0 radical (unpaired) electrons. The number of rotatable bonds is 4. The highest BCUT2D eigenvalue weighted by Crippen LogP contribution is 2.18. The number of hydrogen-bond donors (Lipinski definition) is 1. The van der Waals surface area contributed by atoms with Gasteiger partial charge in [0.25, 0.3) is 0 Å². The van der Waals surface area contributed by atoms with Gasteiger partial charge in [0, 0.05) is 5.57 Å². The van der Waals surface area contributed by atoms with Crippen LogP contribution >= 0.6 is 0 Å². The number of benzene rings is 2. The van der Waals surface area contributed by atoms with E-state index in [1.54, 1.807) is 36.4 Å². The Hall–Kier alpha value is -2.42. The second-order valence-electron chi connectivity index (χ2n) is 4.12. The minimum absolute atomic E-state index is 0.142. The van der Waals surface area contributed by atoms with Gasteiger partial charge in [-0.15, -0.1) is 0 Å². The third kappa shape index (κ3) is 3.28. The van der Waals surface area contributed by atoms with Crippen molar-refractivity contribution in [3.8, 4) is 5.75 Å². The average molecular weight is 256 g/mol. The first-order valence-corrected chi connectivity index (χ1v) is 5.89. The zero-order valence-electron chi connectivity index (χ0n) is 10.2. The Morgan fingerprint density at radius 1 is 1.11 bits per heavy atom. The maximum absolute atomic E-state index is 13.4. The Morgan fingerprint density at radius 2 is 1.79 bits per heavy atom. The number of phenolic OH excluding ortho intramolecular Hbond substituents is 1. The molecule has 0 amide bonds. The molecule has 3 heteroatoms. The molecule has 2 rings (SSSR count). The molecule has 0 aliphatic carbocycles. The standard InChI is InChI=1S/C16H13FO2/c17-16-4-2-1-3-13(16)5-6-14(11-18)12-7-9-15(19)10-8-12/h1-4,6-11,19H,5H2. The lowest BCUT2D eigenvalue weighted by Gasteiger charge is -2.02. The van der Waals surface area contributed by atoms with Crippen LogP contribution in [0, 0.1) is 5.82 Å². The number of carbonyl (C=O) groups is 1. The van der Waals surface area contributed by atoms with Crippen LogP contribution in [0.1, 0.15) is 11.1 Å². The highest BCUT2D eigenvalue weighted by atomic mass is 19.1. The van der Waals surface area contributed by atoms with E-state index in [0.29, 0.717) is 23.1 Å². The van der Waals surface area contributed by atoms with Crippen molar-refractivity contribution in [1.82, 2.24) is 0 Å². The summed E-state index contributed by atoms with van der Waals surface area (Å²) in [6, 6.07) is 12.8. The summed E-state index contributed by atoms with van der Waals surface area (Å²) in [5.41, 5.74) is 1.72. The zero-order valence-corrected chi connectivity index (χ0v) is 10.2. The number of carbonyl (C=O) groups excluding carboxylic acids is 1. The molecular weight excluding hydrogens is 243 g/mol. The normalized spacial score (nSPS) is 11.3. The van der Waals surface area contributed by atoms with E-state index in [2.05, 4.69) is 0 Å². The van der Waals surface area contributed by atoms with Crippen LogP contribution in [0.5, 0.6) is 5.75 Å². The van der Waals surface area contributed by atoms with E-state index in [1.807, 2.05) is 0 Å². The van der Waals surface area contributed by atoms with Crippen LogP contribution in [0.15, 0.2) is 54.6 Å². The fourth-order valence-corrected chi connectivity index (χ4v) is 1.77. The third-order valence-corrected chi connectivity index (χ3v) is 2.83. The van der Waals surface area contributed by atoms with Gasteiger partial charge in [-0.05, 0) is 35.7 Å². The molecule has 0 bridgehead atoms. The molecule has 96 valence electrons. The predicted molar refractivity (Wildman–Crippen MR) is 72.3 cm³/mol. The Balaban J connectivity index is 2.23. The number of aromatic hydroxyl groups is 1. The summed E-state index contributed by atoms with van der Waals surface area (Å²) in [7, 11) is 0. The summed E-state index contributed by atoms with van der Waals surface area (Å²) in [5, 5.41) is 9.20. The molecule has 0 fully saturated rings. The van der Waals surface area contributed by atoms with Gasteiger partial charge in [-0.3, -0.25) is 4.79 Å². The number of allylic oxidation sites excluding steroid dienone is 2. The SMILES string of the molecule is O=CC(=CCc1ccccc1F)c1ccc(O)cc1. The van der Waals surface area contributed by atoms with Gasteiger partial charge in [0.15, 0.2) is 0 Å². The monoisotopic (exact) mass is 256 g/mol. The van der Waals surface area contributed by atoms with Gasteiger partial charge in [-0.25, -0.2) is 4.39 Å². The summed E-state index contributed by atoms with van der Waals surface area (Å²) in [6.45, 7) is 0. The first-order chi connectivity index (χ1) is 9.20. The van der Waals surface area contributed by atoms with Gasteiger partial charge in [-0.2, -0.15) is 0 Å². The fourth-order valence-electron chi connectivity index (χ4n) is 1.77. The van der Waals surface area contributed by atoms with Crippen molar-refractivity contribution >= 4 is 11.9 Å². The lowest BCUT2D eigenvalue weighted by molar-refractivity contribution is -0.103. The maximum atomic E-state index is 13.4. The Kier molecular flexibility index (Phi) is 4.08. The average Bonchev–Trinajstić information content (AvgIpc) is 2.43. The number of halogens is 1. The Bertz CT molecular complexity index is 600. The molecule has 0 aliphatic rings. The van der Waals surface area contributed by atoms with Crippen molar-refractivity contribution in [1.29, 1.82) is 0 Å². The van der Waals surface area contributed by atoms with E-state index in [1.165, 1.54) is 18.2 Å². The van der Waals surface area contributed by atoms with Crippen molar-refractivity contribution < 1.29 is 14.3 Å². The van der Waals surface area contributed by atoms with Crippen LogP contribution in [0.3, 0.4) is 0 Å². The smallest absolute Gasteiger partial charge is 0.150 e. The number of phenols is 1. The van der Waals surface area contributed by atoms with Crippen LogP contribution in [0.2, 0.25) is 0 Å². The molecule has 0 heterocycles. The zero-order chi connectivity index (χ0) is 13.7. The van der Waals surface area contributed by atoms with Crippen LogP contribution in [-0.2, 0) is 11.2 Å². The van der Waals surface area contributed by atoms with E-state index in [9.17, 15) is 14.3 Å². The molecule has 2 aromatic carbocycles. The van der Waals surface area contributed by atoms with Crippen molar-refractivity contribution in [2.24, 2.45) is 0 Å². The van der Waals surface area contributed by atoms with Gasteiger partial charge in [0.05, 0.1) is 0 Å². The molecule has 0 atom stereocenters. The molecule has 1 N–H and O–H groups in total. The highest BCUT2D eigenvalue weighted by Gasteiger charge is 2.02. The van der Waals surface area contributed by atoms with Crippen LogP contribution < -0.4 is 0 Å². The topological polar surface area (TPSA) is 37.3 Å². The molecule has 2 nitrogen and oxygen atoms in total. The van der Waals surface area contributed by atoms with Gasteiger partial charge < -0.3 is 5.11 Å². The van der Waals surface area contributed by atoms with Gasteiger partial charge in [0.2, 0.25) is 0 Å². The molecule has 0 aromatic heterocycles. The van der Waals surface area contributed by atoms with Crippen LogP contribution in [0.25, 0.3) is 5.57 Å². The van der Waals surface area contributed by atoms with E-state index in [4.69, 9.17) is 0 Å². The second-order valence-corrected chi connectivity index (χ2v) is 4.12. The minimum atomic E-state index is -0.283.